The van der Waals surface area contributed by atoms with Crippen molar-refractivity contribution >= 4 is 11.7 Å². The van der Waals surface area contributed by atoms with Gasteiger partial charge in [0.2, 0.25) is 0 Å². The van der Waals surface area contributed by atoms with Crippen molar-refractivity contribution in [2.45, 2.75) is 26.5 Å². The molecule has 0 aliphatic carbocycles. The number of aromatic nitrogens is 1. The summed E-state index contributed by atoms with van der Waals surface area (Å²) in [6.45, 7) is 4.21. The topological polar surface area (TPSA) is 42.4 Å². The maximum atomic E-state index is 11.7. The zero-order valence-corrected chi connectivity index (χ0v) is 11.9. The van der Waals surface area contributed by atoms with E-state index in [1.807, 2.05) is 25.3 Å². The molecule has 1 aromatic carbocycles. The molecule has 0 fully saturated rings. The van der Waals surface area contributed by atoms with E-state index >= 15 is 0 Å². The Morgan fingerprint density at radius 2 is 2.10 bits per heavy atom. The molecule has 1 aromatic heterocycles. The number of rotatable bonds is 1. The third kappa shape index (κ3) is 2.07. The largest absolute Gasteiger partial charge is 0.457 e. The van der Waals surface area contributed by atoms with Gasteiger partial charge in [0.05, 0.1) is 17.4 Å². The van der Waals surface area contributed by atoms with Crippen LogP contribution < -0.4 is 4.90 Å². The van der Waals surface area contributed by atoms with Gasteiger partial charge in [0, 0.05) is 24.3 Å². The number of anilines is 1. The van der Waals surface area contributed by atoms with Crippen molar-refractivity contribution in [1.29, 1.82) is 0 Å². The summed E-state index contributed by atoms with van der Waals surface area (Å²) in [6, 6.07) is 8.29. The molecule has 0 bridgehead atoms. The summed E-state index contributed by atoms with van der Waals surface area (Å²) in [5.41, 5.74) is 6.48. The van der Waals surface area contributed by atoms with Crippen molar-refractivity contribution < 1.29 is 9.53 Å². The molecule has 0 N–H and O–H groups in total. The van der Waals surface area contributed by atoms with E-state index in [0.717, 1.165) is 42.0 Å². The van der Waals surface area contributed by atoms with E-state index in [4.69, 9.17) is 4.74 Å². The normalized spacial score (nSPS) is 16.4. The summed E-state index contributed by atoms with van der Waals surface area (Å²) in [5.74, 6) is -0.193. The van der Waals surface area contributed by atoms with Gasteiger partial charge in [0.25, 0.3) is 0 Å². The summed E-state index contributed by atoms with van der Waals surface area (Å²) in [4.78, 5) is 18.4. The van der Waals surface area contributed by atoms with Crippen LogP contribution in [0.1, 0.15) is 32.7 Å². The highest BCUT2D eigenvalue weighted by molar-refractivity contribution is 5.93. The molecule has 3 heterocycles. The Bertz CT molecular complexity index is 722. The highest BCUT2D eigenvalue weighted by atomic mass is 16.5. The molecule has 0 spiro atoms. The van der Waals surface area contributed by atoms with Gasteiger partial charge in [0.1, 0.15) is 6.61 Å². The fourth-order valence-corrected chi connectivity index (χ4v) is 3.06. The lowest BCUT2D eigenvalue weighted by Crippen LogP contribution is -2.30. The first-order valence-electron chi connectivity index (χ1n) is 7.20. The molecule has 0 saturated heterocycles. The molecule has 0 radical (unpaired) electrons. The number of fused-ring (bicyclic) bond motifs is 2. The lowest BCUT2D eigenvalue weighted by molar-refractivity contribution is 0.0535. The quantitative estimate of drug-likeness (QED) is 0.753. The van der Waals surface area contributed by atoms with E-state index < -0.39 is 0 Å². The van der Waals surface area contributed by atoms with E-state index in [1.54, 1.807) is 0 Å². The van der Waals surface area contributed by atoms with Crippen molar-refractivity contribution in [2.24, 2.45) is 0 Å². The van der Waals surface area contributed by atoms with Gasteiger partial charge in [-0.15, -0.1) is 0 Å². The number of carbonyl (C=O) groups is 1. The van der Waals surface area contributed by atoms with Crippen molar-refractivity contribution in [3.05, 3.63) is 58.4 Å². The van der Waals surface area contributed by atoms with Crippen molar-refractivity contribution in [3.63, 3.8) is 0 Å². The maximum Gasteiger partial charge on any atom is 0.338 e. The summed E-state index contributed by atoms with van der Waals surface area (Å²) < 4.78 is 5.10. The van der Waals surface area contributed by atoms with E-state index in [2.05, 4.69) is 22.0 Å². The summed E-state index contributed by atoms with van der Waals surface area (Å²) in [6.07, 6.45) is 2.91. The van der Waals surface area contributed by atoms with Gasteiger partial charge in [-0.05, 0) is 42.7 Å². The lowest BCUT2D eigenvalue weighted by Gasteiger charge is -2.30. The summed E-state index contributed by atoms with van der Waals surface area (Å²) in [7, 11) is 0. The fourth-order valence-electron chi connectivity index (χ4n) is 3.06. The standard InChI is InChI=1S/C17H16N2O2/c1-11-2-3-15(8-18-11)19-5-4-12-6-14-10-21-17(20)16(14)7-13(12)9-19/h2-3,6-8H,4-5,9-10H2,1H3. The number of hydrogen-bond donors (Lipinski definition) is 0. The molecule has 4 nitrogen and oxygen atoms in total. The second kappa shape index (κ2) is 4.58. The van der Waals surface area contributed by atoms with Gasteiger partial charge < -0.3 is 9.64 Å². The minimum atomic E-state index is -0.193. The first-order chi connectivity index (χ1) is 10.2. The molecule has 0 unspecified atom stereocenters. The van der Waals surface area contributed by atoms with Crippen LogP contribution in [0.3, 0.4) is 0 Å². The van der Waals surface area contributed by atoms with E-state index in [9.17, 15) is 4.79 Å². The summed E-state index contributed by atoms with van der Waals surface area (Å²) >= 11 is 0. The Balaban J connectivity index is 1.67. The number of carbonyl (C=O) groups excluding carboxylic acids is 1. The van der Waals surface area contributed by atoms with Gasteiger partial charge in [-0.2, -0.15) is 0 Å². The van der Waals surface area contributed by atoms with E-state index in [0.29, 0.717) is 6.61 Å². The molecule has 0 saturated carbocycles. The Morgan fingerprint density at radius 1 is 1.19 bits per heavy atom. The van der Waals surface area contributed by atoms with Crippen LogP contribution in [0.25, 0.3) is 0 Å². The average molecular weight is 280 g/mol. The third-order valence-corrected chi connectivity index (χ3v) is 4.28. The molecule has 4 rings (SSSR count). The Kier molecular flexibility index (Phi) is 2.70. The highest BCUT2D eigenvalue weighted by Gasteiger charge is 2.25. The predicted octanol–water partition coefficient (Wildman–Crippen LogP) is 2.62. The van der Waals surface area contributed by atoms with Crippen LogP contribution in [-0.2, 0) is 24.3 Å². The molecule has 21 heavy (non-hydrogen) atoms. The molecule has 4 heteroatoms. The number of nitrogens with zero attached hydrogens (tertiary/aromatic N) is 2. The van der Waals surface area contributed by atoms with Crippen molar-refractivity contribution in [2.75, 3.05) is 11.4 Å². The van der Waals surface area contributed by atoms with Gasteiger partial charge >= 0.3 is 5.97 Å². The van der Waals surface area contributed by atoms with Crippen LogP contribution in [-0.4, -0.2) is 17.5 Å². The Hall–Kier alpha value is -2.36. The molecular weight excluding hydrogens is 264 g/mol. The second-order valence-electron chi connectivity index (χ2n) is 5.68. The Labute approximate surface area is 123 Å². The van der Waals surface area contributed by atoms with Gasteiger partial charge in [-0.1, -0.05) is 6.07 Å². The SMILES string of the molecule is Cc1ccc(N2CCc3cc4c(cc3C2)C(=O)OC4)cn1. The zero-order valence-electron chi connectivity index (χ0n) is 11.9. The lowest BCUT2D eigenvalue weighted by atomic mass is 9.94. The number of hydrogen-bond acceptors (Lipinski definition) is 4. The van der Waals surface area contributed by atoms with Crippen LogP contribution in [0, 0.1) is 6.92 Å². The average Bonchev–Trinajstić information content (AvgIpc) is 2.86. The number of aryl methyl sites for hydroxylation is 1. The molecule has 0 amide bonds. The van der Waals surface area contributed by atoms with Gasteiger partial charge in [-0.3, -0.25) is 4.98 Å². The molecule has 2 aliphatic heterocycles. The Morgan fingerprint density at radius 3 is 2.90 bits per heavy atom. The smallest absolute Gasteiger partial charge is 0.338 e. The minimum Gasteiger partial charge on any atom is -0.457 e. The fraction of sp³-hybridized carbons (Fsp3) is 0.294. The third-order valence-electron chi connectivity index (χ3n) is 4.28. The minimum absolute atomic E-state index is 0.193. The zero-order chi connectivity index (χ0) is 14.4. The molecular formula is C17H16N2O2. The number of pyridine rings is 1. The van der Waals surface area contributed by atoms with E-state index in [1.165, 1.54) is 11.1 Å². The first-order valence-corrected chi connectivity index (χ1v) is 7.20. The number of benzene rings is 1. The number of cyclic esters (lactones) is 1. The van der Waals surface area contributed by atoms with Crippen LogP contribution in [0.2, 0.25) is 0 Å². The molecule has 0 atom stereocenters. The monoisotopic (exact) mass is 280 g/mol. The molecule has 2 aromatic rings. The van der Waals surface area contributed by atoms with Crippen molar-refractivity contribution in [3.8, 4) is 0 Å². The first kappa shape index (κ1) is 12.4. The van der Waals surface area contributed by atoms with Crippen LogP contribution in [0.4, 0.5) is 5.69 Å². The van der Waals surface area contributed by atoms with E-state index in [-0.39, 0.29) is 5.97 Å². The van der Waals surface area contributed by atoms with Crippen LogP contribution in [0.5, 0.6) is 0 Å². The predicted molar refractivity (Wildman–Crippen MR) is 79.3 cm³/mol. The van der Waals surface area contributed by atoms with Crippen molar-refractivity contribution in [1.82, 2.24) is 4.98 Å². The van der Waals surface area contributed by atoms with Gasteiger partial charge in [0.15, 0.2) is 0 Å². The molecule has 2 aliphatic rings. The number of ether oxygens (including phenoxy) is 1. The maximum absolute atomic E-state index is 11.7. The second-order valence-corrected chi connectivity index (χ2v) is 5.68. The van der Waals surface area contributed by atoms with Crippen LogP contribution in [0.15, 0.2) is 30.5 Å². The highest BCUT2D eigenvalue weighted by Crippen LogP contribution is 2.29. The van der Waals surface area contributed by atoms with Crippen LogP contribution >= 0.6 is 0 Å². The van der Waals surface area contributed by atoms with Gasteiger partial charge in [-0.25, -0.2) is 4.79 Å². The number of esters is 1. The molecule has 106 valence electrons. The summed E-state index contributed by atoms with van der Waals surface area (Å²) in [5, 5.41) is 0.